The molecule has 8 heteroatoms. The van der Waals surface area contributed by atoms with Gasteiger partial charge >= 0.3 is 0 Å². The van der Waals surface area contributed by atoms with Gasteiger partial charge in [-0.25, -0.2) is 4.99 Å². The van der Waals surface area contributed by atoms with Gasteiger partial charge in [-0.1, -0.05) is 28.8 Å². The fourth-order valence-electron chi connectivity index (χ4n) is 3.33. The van der Waals surface area contributed by atoms with Crippen molar-refractivity contribution in [1.82, 2.24) is 4.90 Å². The number of nitrogens with zero attached hydrogens (tertiary/aromatic N) is 2. The first-order chi connectivity index (χ1) is 14.9. The first-order valence-electron chi connectivity index (χ1n) is 10.1. The number of carbonyl (C=O) groups is 1. The number of amides is 1. The summed E-state index contributed by atoms with van der Waals surface area (Å²) in [5.74, 6) is 1.04. The average Bonchev–Trinajstić information content (AvgIpc) is 2.88. The lowest BCUT2D eigenvalue weighted by atomic mass is 10.0. The number of rotatable bonds is 7. The minimum Gasteiger partial charge on any atom is -0.482 e. The lowest BCUT2D eigenvalue weighted by Gasteiger charge is -2.22. The summed E-state index contributed by atoms with van der Waals surface area (Å²) < 4.78 is 5.50. The van der Waals surface area contributed by atoms with Crippen molar-refractivity contribution in [2.24, 2.45) is 10.7 Å². The molecular formula is C23H26Cl2N4O2. The van der Waals surface area contributed by atoms with Crippen LogP contribution in [0.2, 0.25) is 10.0 Å². The molecule has 164 valence electrons. The van der Waals surface area contributed by atoms with Crippen LogP contribution in [0, 0.1) is 0 Å². The van der Waals surface area contributed by atoms with E-state index in [0.717, 1.165) is 36.6 Å². The molecule has 0 spiro atoms. The van der Waals surface area contributed by atoms with Gasteiger partial charge in [-0.15, -0.1) is 0 Å². The molecular weight excluding hydrogens is 435 g/mol. The van der Waals surface area contributed by atoms with Gasteiger partial charge in [-0.2, -0.15) is 0 Å². The van der Waals surface area contributed by atoms with Crippen LogP contribution in [0.15, 0.2) is 53.0 Å². The fraction of sp³-hybridized carbons (Fsp3) is 0.304. The Kier molecular flexibility index (Phi) is 7.96. The highest BCUT2D eigenvalue weighted by Crippen LogP contribution is 2.29. The number of allylic oxidation sites excluding steroid dienone is 1. The number of aliphatic imine (C=N–C) groups is 1. The summed E-state index contributed by atoms with van der Waals surface area (Å²) in [5.41, 5.74) is 9.56. The molecule has 3 N–H and O–H groups in total. The maximum atomic E-state index is 12.4. The first kappa shape index (κ1) is 23.1. The molecule has 6 nitrogen and oxygen atoms in total. The van der Waals surface area contributed by atoms with Crippen molar-refractivity contribution in [2.75, 3.05) is 31.6 Å². The molecule has 1 aliphatic rings. The van der Waals surface area contributed by atoms with Crippen LogP contribution >= 0.6 is 23.2 Å². The number of likely N-dealkylation sites (N-methyl/N-ethyl adjacent to an activating group) is 1. The quantitative estimate of drug-likeness (QED) is 0.620. The molecule has 0 bridgehead atoms. The number of carbonyl (C=O) groups excluding carboxylic acids is 1. The van der Waals surface area contributed by atoms with Crippen LogP contribution in [0.5, 0.6) is 5.75 Å². The van der Waals surface area contributed by atoms with Gasteiger partial charge in [0.05, 0.1) is 10.7 Å². The Bertz CT molecular complexity index is 1020. The molecule has 31 heavy (non-hydrogen) atoms. The van der Waals surface area contributed by atoms with Crippen LogP contribution in [-0.2, 0) is 11.2 Å². The second-order valence-corrected chi connectivity index (χ2v) is 8.10. The van der Waals surface area contributed by atoms with Gasteiger partial charge in [0, 0.05) is 30.3 Å². The lowest BCUT2D eigenvalue weighted by molar-refractivity contribution is -0.118. The topological polar surface area (TPSA) is 80.0 Å². The molecule has 0 atom stereocenters. The van der Waals surface area contributed by atoms with Gasteiger partial charge < -0.3 is 20.7 Å². The largest absolute Gasteiger partial charge is 0.482 e. The van der Waals surface area contributed by atoms with Crippen molar-refractivity contribution in [3.8, 4) is 5.75 Å². The zero-order chi connectivity index (χ0) is 22.4. The summed E-state index contributed by atoms with van der Waals surface area (Å²) in [6.45, 7) is 6.16. The van der Waals surface area contributed by atoms with E-state index in [1.54, 1.807) is 18.2 Å². The molecule has 1 heterocycles. The van der Waals surface area contributed by atoms with E-state index in [2.05, 4.69) is 30.1 Å². The van der Waals surface area contributed by atoms with E-state index in [9.17, 15) is 4.79 Å². The molecule has 0 aliphatic carbocycles. The molecule has 0 radical (unpaired) electrons. The van der Waals surface area contributed by atoms with E-state index in [1.807, 2.05) is 18.2 Å². The number of ether oxygens (including phenoxy) is 1. The highest BCUT2D eigenvalue weighted by molar-refractivity contribution is 6.35. The van der Waals surface area contributed by atoms with E-state index >= 15 is 0 Å². The number of amidine groups is 1. The standard InChI is InChI=1S/C23H26Cl2N4O2/c1-3-29(9-8-26)22-11-15(2)10-16-12-18(5-6-20(16)28-22)27-23(30)14-31-21-7-4-17(24)13-19(21)25/h4-7,11-13H,3,8-10,14,26H2,1-2H3,(H,27,30). The summed E-state index contributed by atoms with van der Waals surface area (Å²) in [6.07, 6.45) is 2.85. The Hall–Kier alpha value is -2.54. The lowest BCUT2D eigenvalue weighted by Crippen LogP contribution is -2.34. The molecule has 0 aromatic heterocycles. The minimum atomic E-state index is -0.281. The molecule has 0 saturated heterocycles. The third-order valence-electron chi connectivity index (χ3n) is 4.80. The second-order valence-electron chi connectivity index (χ2n) is 7.26. The summed E-state index contributed by atoms with van der Waals surface area (Å²) in [5, 5.41) is 3.73. The number of nitrogens with one attached hydrogen (secondary N) is 1. The van der Waals surface area contributed by atoms with Crippen molar-refractivity contribution in [3.63, 3.8) is 0 Å². The van der Waals surface area contributed by atoms with Crippen LogP contribution in [0.1, 0.15) is 19.4 Å². The van der Waals surface area contributed by atoms with E-state index in [4.69, 9.17) is 38.7 Å². The Morgan fingerprint density at radius 2 is 2.06 bits per heavy atom. The number of fused-ring (bicyclic) bond motifs is 1. The monoisotopic (exact) mass is 460 g/mol. The van der Waals surface area contributed by atoms with Gasteiger partial charge in [0.25, 0.3) is 5.91 Å². The van der Waals surface area contributed by atoms with Crippen LogP contribution in [0.4, 0.5) is 11.4 Å². The zero-order valence-electron chi connectivity index (χ0n) is 17.6. The van der Waals surface area contributed by atoms with Crippen molar-refractivity contribution >= 4 is 46.3 Å². The molecule has 0 fully saturated rings. The smallest absolute Gasteiger partial charge is 0.262 e. The normalized spacial score (nSPS) is 12.9. The average molecular weight is 461 g/mol. The van der Waals surface area contributed by atoms with Crippen molar-refractivity contribution in [3.05, 3.63) is 63.7 Å². The first-order valence-corrected chi connectivity index (χ1v) is 10.9. The summed E-state index contributed by atoms with van der Waals surface area (Å²) in [4.78, 5) is 19.4. The highest BCUT2D eigenvalue weighted by atomic mass is 35.5. The van der Waals surface area contributed by atoms with E-state index in [-0.39, 0.29) is 12.5 Å². The summed E-state index contributed by atoms with van der Waals surface area (Å²) in [6, 6.07) is 10.6. The van der Waals surface area contributed by atoms with Crippen LogP contribution in [-0.4, -0.2) is 42.9 Å². The maximum absolute atomic E-state index is 12.4. The predicted molar refractivity (Wildman–Crippen MR) is 128 cm³/mol. The molecule has 2 aromatic rings. The van der Waals surface area contributed by atoms with Gasteiger partial charge in [0.1, 0.15) is 11.6 Å². The van der Waals surface area contributed by atoms with Gasteiger partial charge in [0.15, 0.2) is 6.61 Å². The number of hydrogen-bond acceptors (Lipinski definition) is 5. The zero-order valence-corrected chi connectivity index (χ0v) is 19.1. The number of hydrogen-bond donors (Lipinski definition) is 2. The summed E-state index contributed by atoms with van der Waals surface area (Å²) >= 11 is 12.0. The minimum absolute atomic E-state index is 0.162. The molecule has 1 aliphatic heterocycles. The highest BCUT2D eigenvalue weighted by Gasteiger charge is 2.15. The number of halogens is 2. The van der Waals surface area contributed by atoms with E-state index in [0.29, 0.717) is 28.0 Å². The van der Waals surface area contributed by atoms with Gasteiger partial charge in [-0.3, -0.25) is 4.79 Å². The third kappa shape index (κ3) is 6.23. The van der Waals surface area contributed by atoms with E-state index in [1.165, 1.54) is 5.57 Å². The molecule has 0 saturated carbocycles. The maximum Gasteiger partial charge on any atom is 0.262 e. The van der Waals surface area contributed by atoms with Crippen molar-refractivity contribution in [1.29, 1.82) is 0 Å². The van der Waals surface area contributed by atoms with Crippen LogP contribution < -0.4 is 15.8 Å². The number of benzene rings is 2. The van der Waals surface area contributed by atoms with Crippen LogP contribution in [0.3, 0.4) is 0 Å². The van der Waals surface area contributed by atoms with E-state index < -0.39 is 0 Å². The molecule has 3 rings (SSSR count). The second kappa shape index (κ2) is 10.7. The Morgan fingerprint density at radius 1 is 1.26 bits per heavy atom. The molecule has 2 aromatic carbocycles. The van der Waals surface area contributed by atoms with Gasteiger partial charge in [0.2, 0.25) is 0 Å². The number of anilines is 1. The molecule has 1 amide bonds. The van der Waals surface area contributed by atoms with Crippen molar-refractivity contribution < 1.29 is 9.53 Å². The SMILES string of the molecule is CCN(CCN)C1=Nc2ccc(NC(=O)COc3ccc(Cl)cc3Cl)cc2CC(C)=C1. The number of nitrogens with two attached hydrogens (primary N) is 1. The fourth-order valence-corrected chi connectivity index (χ4v) is 3.79. The Labute approximate surface area is 192 Å². The van der Waals surface area contributed by atoms with Crippen LogP contribution in [0.25, 0.3) is 0 Å². The predicted octanol–water partition coefficient (Wildman–Crippen LogP) is 4.82. The Balaban J connectivity index is 1.70. The summed E-state index contributed by atoms with van der Waals surface area (Å²) in [7, 11) is 0. The third-order valence-corrected chi connectivity index (χ3v) is 5.33. The van der Waals surface area contributed by atoms with Gasteiger partial charge in [-0.05, 0) is 68.3 Å². The molecule has 0 unspecified atom stereocenters. The van der Waals surface area contributed by atoms with Crippen molar-refractivity contribution in [2.45, 2.75) is 20.3 Å². The Morgan fingerprint density at radius 3 is 2.77 bits per heavy atom.